The third-order valence-electron chi connectivity index (χ3n) is 2.85. The zero-order valence-corrected chi connectivity index (χ0v) is 11.9. The van der Waals surface area contributed by atoms with Crippen LogP contribution in [0.1, 0.15) is 46.5 Å². The topological polar surface area (TPSA) is 84.6 Å². The van der Waals surface area contributed by atoms with E-state index in [0.717, 1.165) is 6.42 Å². The number of nitrogens with two attached hydrogens (primary N) is 1. The molecule has 0 heterocycles. The van der Waals surface area contributed by atoms with Gasteiger partial charge in [0.1, 0.15) is 0 Å². The zero-order chi connectivity index (χ0) is 14.0. The van der Waals surface area contributed by atoms with E-state index in [0.29, 0.717) is 13.2 Å². The van der Waals surface area contributed by atoms with E-state index in [-0.39, 0.29) is 6.61 Å². The van der Waals surface area contributed by atoms with Gasteiger partial charge in [0.2, 0.25) is 5.91 Å². The number of carbonyl (C=O) groups is 1. The molecule has 4 N–H and O–H groups in total. The average molecular weight is 260 g/mol. The summed E-state index contributed by atoms with van der Waals surface area (Å²) in [7, 11) is 0. The molecule has 1 unspecified atom stereocenters. The van der Waals surface area contributed by atoms with Crippen LogP contribution in [0.3, 0.4) is 0 Å². The van der Waals surface area contributed by atoms with Crippen LogP contribution in [0.25, 0.3) is 0 Å². The number of aliphatic hydroxyl groups excluding tert-OH is 1. The maximum Gasteiger partial charge on any atom is 0.237 e. The number of aliphatic hydroxyl groups is 1. The quantitative estimate of drug-likeness (QED) is 0.480. The van der Waals surface area contributed by atoms with E-state index in [1.54, 1.807) is 13.8 Å². The fourth-order valence-electron chi connectivity index (χ4n) is 1.37. The predicted molar refractivity (Wildman–Crippen MR) is 72.2 cm³/mol. The van der Waals surface area contributed by atoms with Crippen LogP contribution in [-0.4, -0.2) is 42.4 Å². The van der Waals surface area contributed by atoms with E-state index in [9.17, 15) is 9.90 Å². The Kier molecular flexibility index (Phi) is 8.97. The third kappa shape index (κ3) is 8.44. The molecule has 0 fully saturated rings. The van der Waals surface area contributed by atoms with Gasteiger partial charge in [-0.05, 0) is 20.3 Å². The van der Waals surface area contributed by atoms with Crippen molar-refractivity contribution in [2.24, 2.45) is 5.73 Å². The lowest BCUT2D eigenvalue weighted by Gasteiger charge is -2.24. The smallest absolute Gasteiger partial charge is 0.237 e. The minimum atomic E-state index is -0.803. The maximum absolute atomic E-state index is 11.0. The van der Waals surface area contributed by atoms with Crippen molar-refractivity contribution in [1.82, 2.24) is 5.32 Å². The second-order valence-corrected chi connectivity index (χ2v) is 5.16. The molecule has 1 amide bonds. The summed E-state index contributed by atoms with van der Waals surface area (Å²) in [6.45, 7) is 6.80. The first-order valence-corrected chi connectivity index (χ1v) is 6.71. The molecule has 0 aliphatic carbocycles. The van der Waals surface area contributed by atoms with E-state index >= 15 is 0 Å². The van der Waals surface area contributed by atoms with Crippen molar-refractivity contribution in [3.05, 3.63) is 0 Å². The number of rotatable bonds is 11. The molecule has 0 aliphatic rings. The molecule has 0 rings (SSSR count). The number of carbonyl (C=O) groups excluding carboxylic acids is 1. The number of amides is 1. The van der Waals surface area contributed by atoms with E-state index in [4.69, 9.17) is 10.5 Å². The van der Waals surface area contributed by atoms with Gasteiger partial charge in [-0.1, -0.05) is 26.2 Å². The molecular formula is C13H28N2O3. The fourth-order valence-corrected chi connectivity index (χ4v) is 1.37. The van der Waals surface area contributed by atoms with Crippen LogP contribution < -0.4 is 11.1 Å². The molecule has 0 aromatic carbocycles. The Morgan fingerprint density at radius 1 is 1.39 bits per heavy atom. The molecule has 0 bridgehead atoms. The van der Waals surface area contributed by atoms with Crippen molar-refractivity contribution in [2.75, 3.05) is 19.8 Å². The zero-order valence-electron chi connectivity index (χ0n) is 11.9. The fraction of sp³-hybridized carbons (Fsp3) is 0.923. The van der Waals surface area contributed by atoms with Crippen molar-refractivity contribution in [3.63, 3.8) is 0 Å². The van der Waals surface area contributed by atoms with Gasteiger partial charge in [0.05, 0.1) is 18.2 Å². The monoisotopic (exact) mass is 260 g/mol. The van der Waals surface area contributed by atoms with E-state index < -0.39 is 17.6 Å². The lowest BCUT2D eigenvalue weighted by atomic mass is 10.1. The summed E-state index contributed by atoms with van der Waals surface area (Å²) >= 11 is 0. The second kappa shape index (κ2) is 9.30. The number of β-amino-alcohol motifs (C(OH)–C–C–N with tert-alkyl or cyclic N) is 1. The van der Waals surface area contributed by atoms with Gasteiger partial charge >= 0.3 is 0 Å². The summed E-state index contributed by atoms with van der Waals surface area (Å²) in [4.78, 5) is 11.0. The van der Waals surface area contributed by atoms with Crippen molar-refractivity contribution in [2.45, 2.75) is 58.1 Å². The highest BCUT2D eigenvalue weighted by molar-refractivity contribution is 5.83. The van der Waals surface area contributed by atoms with Crippen molar-refractivity contribution in [3.8, 4) is 0 Å². The summed E-state index contributed by atoms with van der Waals surface area (Å²) < 4.78 is 5.36. The van der Waals surface area contributed by atoms with Gasteiger partial charge in [-0.3, -0.25) is 4.79 Å². The number of ether oxygens (including phenoxy) is 1. The normalized spacial score (nSPS) is 13.6. The Bertz CT molecular complexity index is 232. The molecule has 0 radical (unpaired) electrons. The summed E-state index contributed by atoms with van der Waals surface area (Å²) in [6, 6.07) is 0. The van der Waals surface area contributed by atoms with Crippen LogP contribution in [0.5, 0.6) is 0 Å². The van der Waals surface area contributed by atoms with Gasteiger partial charge in [0.15, 0.2) is 0 Å². The van der Waals surface area contributed by atoms with E-state index in [2.05, 4.69) is 12.2 Å². The first kappa shape index (κ1) is 17.4. The van der Waals surface area contributed by atoms with Crippen LogP contribution in [0, 0.1) is 0 Å². The van der Waals surface area contributed by atoms with Crippen molar-refractivity contribution in [1.29, 1.82) is 0 Å². The summed E-state index contributed by atoms with van der Waals surface area (Å²) in [5.74, 6) is -0.435. The van der Waals surface area contributed by atoms with Crippen LogP contribution in [0.15, 0.2) is 0 Å². The lowest BCUT2D eigenvalue weighted by molar-refractivity contribution is -0.123. The molecular weight excluding hydrogens is 232 g/mol. The van der Waals surface area contributed by atoms with Crippen LogP contribution in [0.4, 0.5) is 0 Å². The molecule has 0 aromatic heterocycles. The number of primary amides is 1. The predicted octanol–water partition coefficient (Wildman–Crippen LogP) is 0.798. The van der Waals surface area contributed by atoms with E-state index in [1.165, 1.54) is 19.3 Å². The summed E-state index contributed by atoms with van der Waals surface area (Å²) in [5.41, 5.74) is 4.41. The highest BCUT2D eigenvalue weighted by Gasteiger charge is 2.24. The SMILES string of the molecule is CCCCCCOCC(O)CNC(C)(C)C(N)=O. The van der Waals surface area contributed by atoms with Crippen LogP contribution in [0.2, 0.25) is 0 Å². The Balaban J connectivity index is 3.54. The number of nitrogens with one attached hydrogen (secondary N) is 1. The standard InChI is InChI=1S/C13H28N2O3/c1-4-5-6-7-8-18-10-11(16)9-15-13(2,3)12(14)17/h11,15-16H,4-10H2,1-3H3,(H2,14,17). The highest BCUT2D eigenvalue weighted by Crippen LogP contribution is 2.01. The Morgan fingerprint density at radius 2 is 2.06 bits per heavy atom. The van der Waals surface area contributed by atoms with Crippen molar-refractivity contribution < 1.29 is 14.6 Å². The molecule has 1 atom stereocenters. The first-order chi connectivity index (χ1) is 8.40. The average Bonchev–Trinajstić information content (AvgIpc) is 2.31. The molecule has 108 valence electrons. The highest BCUT2D eigenvalue weighted by atomic mass is 16.5. The first-order valence-electron chi connectivity index (χ1n) is 6.71. The van der Waals surface area contributed by atoms with Gasteiger partial charge in [0, 0.05) is 13.2 Å². The van der Waals surface area contributed by atoms with Gasteiger partial charge < -0.3 is 20.9 Å². The molecule has 5 heteroatoms. The number of unbranched alkanes of at least 4 members (excludes halogenated alkanes) is 3. The molecule has 0 aromatic rings. The third-order valence-corrected chi connectivity index (χ3v) is 2.85. The van der Waals surface area contributed by atoms with E-state index in [1.807, 2.05) is 0 Å². The van der Waals surface area contributed by atoms with Gasteiger partial charge in [0.25, 0.3) is 0 Å². The summed E-state index contributed by atoms with van der Waals surface area (Å²) in [5, 5.41) is 12.6. The molecule has 5 nitrogen and oxygen atoms in total. The second-order valence-electron chi connectivity index (χ2n) is 5.16. The van der Waals surface area contributed by atoms with Gasteiger partial charge in [-0.2, -0.15) is 0 Å². The van der Waals surface area contributed by atoms with Crippen molar-refractivity contribution >= 4 is 5.91 Å². The summed E-state index contributed by atoms with van der Waals surface area (Å²) in [6.07, 6.45) is 4.00. The minimum Gasteiger partial charge on any atom is -0.389 e. The van der Waals surface area contributed by atoms with Gasteiger partial charge in [-0.15, -0.1) is 0 Å². The molecule has 0 saturated carbocycles. The van der Waals surface area contributed by atoms with Gasteiger partial charge in [-0.25, -0.2) is 0 Å². The Morgan fingerprint density at radius 3 is 2.61 bits per heavy atom. The Hall–Kier alpha value is -0.650. The number of hydrogen-bond donors (Lipinski definition) is 3. The van der Waals surface area contributed by atoms with Crippen LogP contribution in [-0.2, 0) is 9.53 Å². The molecule has 18 heavy (non-hydrogen) atoms. The maximum atomic E-state index is 11.0. The molecule has 0 spiro atoms. The number of hydrogen-bond acceptors (Lipinski definition) is 4. The largest absolute Gasteiger partial charge is 0.389 e. The Labute approximate surface area is 110 Å². The van der Waals surface area contributed by atoms with Crippen LogP contribution >= 0.6 is 0 Å². The minimum absolute atomic E-state index is 0.286. The lowest BCUT2D eigenvalue weighted by Crippen LogP contribution is -2.53. The molecule has 0 aliphatic heterocycles. The molecule has 0 saturated heterocycles.